The minimum atomic E-state index is 0. The van der Waals surface area contributed by atoms with Crippen molar-refractivity contribution in [1.82, 2.24) is 0 Å². The van der Waals surface area contributed by atoms with Crippen LogP contribution in [0.4, 0.5) is 0 Å². The van der Waals surface area contributed by atoms with E-state index < -0.39 is 0 Å². The number of rotatable bonds is 6. The summed E-state index contributed by atoms with van der Waals surface area (Å²) >= 11 is 0. The third-order valence-electron chi connectivity index (χ3n) is 10.4. The topological polar surface area (TPSA) is 0 Å². The van der Waals surface area contributed by atoms with Crippen molar-refractivity contribution >= 4 is 18.5 Å². The molecule has 0 nitrogen and oxygen atoms in total. The van der Waals surface area contributed by atoms with E-state index in [0.717, 1.165) is 23.7 Å². The molecule has 2 atom stereocenters. The average molecular weight is 551 g/mol. The molecule has 0 bridgehead atoms. The van der Waals surface area contributed by atoms with Gasteiger partial charge in [-0.3, -0.25) is 0 Å². The monoisotopic (exact) mass is 550 g/mol. The Labute approximate surface area is 231 Å². The molecule has 0 amide bonds. The summed E-state index contributed by atoms with van der Waals surface area (Å²) in [4.78, 5) is 0. The molecule has 4 saturated carbocycles. The molecule has 35 heavy (non-hydrogen) atoms. The molecule has 194 valence electrons. The number of hydrogen-bond acceptors (Lipinski definition) is 0. The normalized spacial score (nSPS) is 22.9. The van der Waals surface area contributed by atoms with E-state index in [1.807, 2.05) is 30.3 Å². The van der Waals surface area contributed by atoms with Gasteiger partial charge in [-0.1, -0.05) is 77.0 Å². The number of hydrogen-bond donors (Lipinski definition) is 0. The van der Waals surface area contributed by atoms with Crippen LogP contribution in [0.1, 0.15) is 114 Å². The predicted molar refractivity (Wildman–Crippen MR) is 155 cm³/mol. The van der Waals surface area contributed by atoms with E-state index in [0.29, 0.717) is 10.3 Å². The van der Waals surface area contributed by atoms with Crippen LogP contribution in [0.3, 0.4) is 0 Å². The van der Waals surface area contributed by atoms with Crippen molar-refractivity contribution in [2.24, 2.45) is 23.7 Å². The minimum absolute atomic E-state index is 0. The fourth-order valence-electron chi connectivity index (χ4n) is 8.66. The van der Waals surface area contributed by atoms with E-state index in [1.165, 1.54) is 103 Å². The van der Waals surface area contributed by atoms with Crippen molar-refractivity contribution < 1.29 is 17.1 Å². The fraction of sp³-hybridized carbons (Fsp3) is 0.688. The molecule has 0 N–H and O–H groups in total. The van der Waals surface area contributed by atoms with Crippen molar-refractivity contribution in [2.75, 3.05) is 0 Å². The van der Waals surface area contributed by atoms with Gasteiger partial charge in [0.1, 0.15) is 0 Å². The van der Waals surface area contributed by atoms with Crippen molar-refractivity contribution in [2.45, 2.75) is 113 Å². The van der Waals surface area contributed by atoms with Gasteiger partial charge in [0.2, 0.25) is 0 Å². The third-order valence-corrected chi connectivity index (χ3v) is 12.9. The van der Waals surface area contributed by atoms with Crippen molar-refractivity contribution in [1.29, 1.82) is 0 Å². The van der Waals surface area contributed by atoms with Gasteiger partial charge in [0.25, 0.3) is 0 Å². The van der Waals surface area contributed by atoms with Crippen LogP contribution >= 0.6 is 18.5 Å². The Bertz CT molecular complexity index is 738. The Balaban J connectivity index is 0.000000431. The minimum Gasteiger partial charge on any atom is -0.214 e. The zero-order valence-electron chi connectivity index (χ0n) is 21.8. The van der Waals surface area contributed by atoms with Crippen LogP contribution in [0.25, 0.3) is 0 Å². The van der Waals surface area contributed by atoms with Crippen LogP contribution in [-0.2, 0) is 27.4 Å². The van der Waals surface area contributed by atoms with Gasteiger partial charge in [-0.25, -0.2) is 18.2 Å². The van der Waals surface area contributed by atoms with E-state index in [2.05, 4.69) is 36.7 Å². The van der Waals surface area contributed by atoms with E-state index >= 15 is 0 Å². The molecule has 2 aromatic rings. The van der Waals surface area contributed by atoms with Gasteiger partial charge < -0.3 is 0 Å². The summed E-state index contributed by atoms with van der Waals surface area (Å²) in [6.07, 6.45) is 23.4. The predicted octanol–water partition coefficient (Wildman–Crippen LogP) is 9.71. The first kappa shape index (κ1) is 28.1. The molecule has 4 aliphatic rings. The molecule has 4 aliphatic carbocycles. The van der Waals surface area contributed by atoms with Crippen LogP contribution in [0.15, 0.2) is 48.5 Å². The summed E-state index contributed by atoms with van der Waals surface area (Å²) in [6, 6.07) is 17.6. The molecule has 0 spiro atoms. The van der Waals surface area contributed by atoms with Crippen LogP contribution in [0.5, 0.6) is 0 Å². The van der Waals surface area contributed by atoms with Gasteiger partial charge in [0, 0.05) is 0 Å². The molecule has 0 aliphatic heterocycles. The van der Waals surface area contributed by atoms with Crippen molar-refractivity contribution in [3.05, 3.63) is 59.7 Å². The fourth-order valence-corrected chi connectivity index (χ4v) is 10.5. The van der Waals surface area contributed by atoms with Gasteiger partial charge in [-0.15, -0.1) is 18.5 Å². The summed E-state index contributed by atoms with van der Waals surface area (Å²) in [6.45, 7) is 0. The summed E-state index contributed by atoms with van der Waals surface area (Å²) < 4.78 is 0. The molecule has 4 fully saturated rings. The summed E-state index contributed by atoms with van der Waals surface area (Å²) in [5, 5.41) is 0.676. The van der Waals surface area contributed by atoms with Crippen LogP contribution in [0.2, 0.25) is 0 Å². The Hall–Kier alpha value is 0.0795. The van der Waals surface area contributed by atoms with Gasteiger partial charge in [-0.2, -0.15) is 41.5 Å². The Morgan fingerprint density at radius 3 is 1.29 bits per heavy atom. The van der Waals surface area contributed by atoms with E-state index in [4.69, 9.17) is 0 Å². The zero-order valence-corrected chi connectivity index (χ0v) is 25.2. The quantitative estimate of drug-likeness (QED) is 0.191. The molecule has 0 heterocycles. The SMILES string of the molecule is PC(c1cc[cH-]c1C(P)(C1CCCC1)C1CCCC1)(C1CCCC1)C1CCCC1.[Fe+2].c1cc[cH-]c1. The van der Waals surface area contributed by atoms with Crippen LogP contribution in [0, 0.1) is 23.7 Å². The molecule has 0 radical (unpaired) electrons. The average Bonchev–Trinajstić information content (AvgIpc) is 3.76. The molecule has 0 saturated heterocycles. The smallest absolute Gasteiger partial charge is 0.214 e. The first-order chi connectivity index (χ1) is 16.6. The van der Waals surface area contributed by atoms with Crippen molar-refractivity contribution in [3.63, 3.8) is 0 Å². The standard InChI is InChI=1S/C27H43P2.C5H5.Fe/c28-26(20-10-1-2-11-20,21-12-3-4-13-21)24-18-9-19-25(24)27(29,22-14-5-6-15-22)23-16-7-8-17-23;1-2-4-5-3-1;/h9,18-23H,1-8,10-17,28-29H2;1-5H;/q2*-1;+2. The molecule has 2 unspecified atom stereocenters. The molecule has 3 heteroatoms. The van der Waals surface area contributed by atoms with Gasteiger partial charge >= 0.3 is 17.1 Å². The maximum Gasteiger partial charge on any atom is 2.00 e. The molecule has 2 aromatic carbocycles. The Morgan fingerprint density at radius 2 is 0.943 bits per heavy atom. The van der Waals surface area contributed by atoms with Gasteiger partial charge in [0.05, 0.1) is 0 Å². The third kappa shape index (κ3) is 5.61. The van der Waals surface area contributed by atoms with Gasteiger partial charge in [0.15, 0.2) is 0 Å². The Morgan fingerprint density at radius 1 is 0.571 bits per heavy atom. The van der Waals surface area contributed by atoms with E-state index in [9.17, 15) is 0 Å². The van der Waals surface area contributed by atoms with E-state index in [1.54, 1.807) is 11.1 Å². The molecule has 6 rings (SSSR count). The first-order valence-corrected chi connectivity index (χ1v) is 15.8. The molecular formula is C32H48FeP2. The second kappa shape index (κ2) is 12.8. The largest absolute Gasteiger partial charge is 2.00 e. The van der Waals surface area contributed by atoms with Crippen LogP contribution in [-0.4, -0.2) is 0 Å². The van der Waals surface area contributed by atoms with Gasteiger partial charge in [-0.05, 0) is 59.7 Å². The summed E-state index contributed by atoms with van der Waals surface area (Å²) in [5.74, 6) is 3.55. The summed E-state index contributed by atoms with van der Waals surface area (Å²) in [5.41, 5.74) is 3.55. The zero-order chi connectivity index (χ0) is 23.4. The first-order valence-electron chi connectivity index (χ1n) is 14.7. The van der Waals surface area contributed by atoms with Crippen LogP contribution < -0.4 is 0 Å². The van der Waals surface area contributed by atoms with Crippen molar-refractivity contribution in [3.8, 4) is 0 Å². The molecule has 0 aromatic heterocycles. The maximum absolute atomic E-state index is 3.55. The molecular weight excluding hydrogens is 502 g/mol. The van der Waals surface area contributed by atoms with E-state index in [-0.39, 0.29) is 17.1 Å². The maximum atomic E-state index is 3.55. The second-order valence-corrected chi connectivity index (χ2v) is 14.0. The summed E-state index contributed by atoms with van der Waals surface area (Å²) in [7, 11) is 7.10. The second-order valence-electron chi connectivity index (χ2n) is 12.1. The Kier molecular flexibility index (Phi) is 10.2.